The zero-order valence-electron chi connectivity index (χ0n) is 13.9. The van der Waals surface area contributed by atoms with Crippen LogP contribution in [0, 0.1) is 0 Å². The Morgan fingerprint density at radius 2 is 0.875 bits per heavy atom. The molecule has 1 atom stereocenters. The van der Waals surface area contributed by atoms with Crippen molar-refractivity contribution >= 4 is 29.8 Å². The Kier molecular flexibility index (Phi) is 34.7. The van der Waals surface area contributed by atoms with E-state index in [9.17, 15) is 4.79 Å². The molecule has 0 fully saturated rings. The van der Waals surface area contributed by atoms with Gasteiger partial charge in [0.25, 0.3) is 23.9 Å². The van der Waals surface area contributed by atoms with Gasteiger partial charge >= 0.3 is 5.97 Å². The van der Waals surface area contributed by atoms with E-state index < -0.39 is 35.9 Å². The van der Waals surface area contributed by atoms with E-state index in [-0.39, 0.29) is 13.0 Å². The molecule has 0 radical (unpaired) electrons. The first-order chi connectivity index (χ1) is 10.6. The minimum atomic E-state index is -0.900. The van der Waals surface area contributed by atoms with Crippen LogP contribution in [-0.2, 0) is 24.0 Å². The zero-order valence-corrected chi connectivity index (χ0v) is 13.9. The molecule has 0 amide bonds. The largest absolute Gasteiger partial charge is 0.481 e. The molecule has 0 aromatic heterocycles. The van der Waals surface area contributed by atoms with Crippen LogP contribution >= 0.6 is 0 Å². The lowest BCUT2D eigenvalue weighted by Crippen LogP contribution is -2.31. The SMILES string of the molecule is CC(=O)O.CC(=O)O.CC(=O)O.CC(=O)O.NCC(N)CC(=O)O. The molecule has 1 unspecified atom stereocenters. The van der Waals surface area contributed by atoms with E-state index in [4.69, 9.17) is 56.2 Å². The minimum Gasteiger partial charge on any atom is -0.481 e. The van der Waals surface area contributed by atoms with E-state index in [1.165, 1.54) is 0 Å². The van der Waals surface area contributed by atoms with Gasteiger partial charge < -0.3 is 37.0 Å². The van der Waals surface area contributed by atoms with Crippen molar-refractivity contribution in [1.29, 1.82) is 0 Å². The summed E-state index contributed by atoms with van der Waals surface area (Å²) in [5, 5.41) is 37.7. The monoisotopic (exact) mass is 358 g/mol. The van der Waals surface area contributed by atoms with Gasteiger partial charge in [0.1, 0.15) is 0 Å². The summed E-state index contributed by atoms with van der Waals surface area (Å²) in [6.07, 6.45) is -0.0451. The molecule has 0 aliphatic carbocycles. The van der Waals surface area contributed by atoms with E-state index in [1.54, 1.807) is 0 Å². The molecule has 0 spiro atoms. The summed E-state index contributed by atoms with van der Waals surface area (Å²) in [5.41, 5.74) is 10.2. The number of aliphatic carboxylic acids is 5. The molecule has 9 N–H and O–H groups in total. The third-order valence-corrected chi connectivity index (χ3v) is 0.740. The molecule has 0 saturated heterocycles. The molecule has 0 aliphatic rings. The van der Waals surface area contributed by atoms with Crippen molar-refractivity contribution in [3.63, 3.8) is 0 Å². The summed E-state index contributed by atoms with van der Waals surface area (Å²) in [4.78, 5) is 45.8. The second-order valence-corrected chi connectivity index (χ2v) is 3.67. The number of hydrogen-bond acceptors (Lipinski definition) is 7. The average Bonchev–Trinajstić information content (AvgIpc) is 2.24. The second kappa shape index (κ2) is 25.2. The van der Waals surface area contributed by atoms with E-state index in [2.05, 4.69) is 0 Å². The van der Waals surface area contributed by atoms with Gasteiger partial charge in [-0.15, -0.1) is 0 Å². The Hall–Kier alpha value is -2.73. The predicted octanol–water partition coefficient (Wildman–Crippen LogP) is -0.889. The molecule has 0 aromatic rings. The van der Waals surface area contributed by atoms with Crippen molar-refractivity contribution in [2.45, 2.75) is 40.2 Å². The summed E-state index contributed by atoms with van der Waals surface area (Å²) in [5.74, 6) is -4.23. The Morgan fingerprint density at radius 3 is 0.917 bits per heavy atom. The fraction of sp³-hybridized carbons (Fsp3) is 0.583. The van der Waals surface area contributed by atoms with Crippen LogP contribution < -0.4 is 11.5 Å². The topological polar surface area (TPSA) is 239 Å². The summed E-state index contributed by atoms with van der Waals surface area (Å²) in [6, 6.07) is -0.396. The van der Waals surface area contributed by atoms with Crippen LogP contribution in [-0.4, -0.2) is 68.0 Å². The highest BCUT2D eigenvalue weighted by Gasteiger charge is 2.03. The maximum absolute atomic E-state index is 9.83. The second-order valence-electron chi connectivity index (χ2n) is 3.67. The summed E-state index contributed by atoms with van der Waals surface area (Å²) >= 11 is 0. The van der Waals surface area contributed by atoms with Gasteiger partial charge in [-0.3, -0.25) is 24.0 Å². The number of carbonyl (C=O) groups is 5. The van der Waals surface area contributed by atoms with Gasteiger partial charge in [-0.2, -0.15) is 0 Å². The third-order valence-electron chi connectivity index (χ3n) is 0.740. The van der Waals surface area contributed by atoms with E-state index in [1.807, 2.05) is 0 Å². The molecule has 144 valence electrons. The highest BCUT2D eigenvalue weighted by atomic mass is 16.4. The van der Waals surface area contributed by atoms with Crippen molar-refractivity contribution < 1.29 is 49.5 Å². The molecule has 12 heteroatoms. The Balaban J connectivity index is -0.0000000657. The molecule has 0 heterocycles. The third kappa shape index (κ3) is 602. The average molecular weight is 358 g/mol. The van der Waals surface area contributed by atoms with Crippen LogP contribution in [0.2, 0.25) is 0 Å². The van der Waals surface area contributed by atoms with Crippen LogP contribution in [0.1, 0.15) is 34.1 Å². The number of carboxylic acids is 5. The van der Waals surface area contributed by atoms with Gasteiger partial charge in [0.05, 0.1) is 6.42 Å². The van der Waals surface area contributed by atoms with Gasteiger partial charge in [-0.1, -0.05) is 0 Å². The Bertz CT molecular complexity index is 307. The minimum absolute atomic E-state index is 0.0451. The molecule has 0 bridgehead atoms. The van der Waals surface area contributed by atoms with Crippen molar-refractivity contribution in [2.75, 3.05) is 6.54 Å². The fourth-order valence-electron chi connectivity index (χ4n) is 0.308. The fourth-order valence-corrected chi connectivity index (χ4v) is 0.308. The molecule has 0 aromatic carbocycles. The maximum atomic E-state index is 9.83. The molecule has 12 nitrogen and oxygen atoms in total. The van der Waals surface area contributed by atoms with Gasteiger partial charge in [0.2, 0.25) is 0 Å². The standard InChI is InChI=1S/C4H10N2O2.4C2H4O2/c5-2-3(6)1-4(7)8;4*1-2(3)4/h3H,1-2,5-6H2,(H,7,8);4*1H3,(H,3,4). The van der Waals surface area contributed by atoms with Crippen molar-refractivity contribution in [2.24, 2.45) is 11.5 Å². The summed E-state index contributed by atoms with van der Waals surface area (Å²) in [6.45, 7) is 4.56. The highest BCUT2D eigenvalue weighted by molar-refractivity contribution is 5.67. The number of rotatable bonds is 3. The smallest absolute Gasteiger partial charge is 0.304 e. The number of carboxylic acid groups (broad SMARTS) is 5. The molecular formula is C12H26N2O10. The van der Waals surface area contributed by atoms with E-state index in [0.29, 0.717) is 0 Å². The lowest BCUT2D eigenvalue weighted by atomic mass is 10.2. The van der Waals surface area contributed by atoms with E-state index in [0.717, 1.165) is 27.7 Å². The Labute approximate surface area is 138 Å². The molecule has 0 saturated carbocycles. The lowest BCUT2D eigenvalue weighted by Gasteiger charge is -2.01. The first-order valence-electron chi connectivity index (χ1n) is 6.05. The van der Waals surface area contributed by atoms with Gasteiger partial charge in [-0.05, 0) is 0 Å². The number of nitrogens with two attached hydrogens (primary N) is 2. The summed E-state index contributed by atoms with van der Waals surface area (Å²) in [7, 11) is 0. The number of hydrogen-bond donors (Lipinski definition) is 7. The molecule has 0 rings (SSSR count). The van der Waals surface area contributed by atoms with Crippen molar-refractivity contribution in [3.05, 3.63) is 0 Å². The van der Waals surface area contributed by atoms with E-state index >= 15 is 0 Å². The van der Waals surface area contributed by atoms with Gasteiger partial charge in [0, 0.05) is 40.3 Å². The van der Waals surface area contributed by atoms with Gasteiger partial charge in [-0.25, -0.2) is 0 Å². The maximum Gasteiger partial charge on any atom is 0.304 e. The van der Waals surface area contributed by atoms with Crippen LogP contribution in [0.5, 0.6) is 0 Å². The van der Waals surface area contributed by atoms with Crippen LogP contribution in [0.3, 0.4) is 0 Å². The first-order valence-corrected chi connectivity index (χ1v) is 6.05. The quantitative estimate of drug-likeness (QED) is 0.325. The lowest BCUT2D eigenvalue weighted by molar-refractivity contribution is -0.138. The Morgan fingerprint density at radius 1 is 0.708 bits per heavy atom. The van der Waals surface area contributed by atoms with Crippen LogP contribution in [0.25, 0.3) is 0 Å². The predicted molar refractivity (Wildman–Crippen MR) is 82.5 cm³/mol. The van der Waals surface area contributed by atoms with Crippen LogP contribution in [0.4, 0.5) is 0 Å². The zero-order chi connectivity index (χ0) is 20.9. The normalized spacial score (nSPS) is 8.58. The highest BCUT2D eigenvalue weighted by Crippen LogP contribution is 1.82. The van der Waals surface area contributed by atoms with Crippen LogP contribution in [0.15, 0.2) is 0 Å². The van der Waals surface area contributed by atoms with Gasteiger partial charge in [0.15, 0.2) is 0 Å². The molecule has 24 heavy (non-hydrogen) atoms. The van der Waals surface area contributed by atoms with Crippen molar-refractivity contribution in [3.8, 4) is 0 Å². The first kappa shape index (κ1) is 33.0. The van der Waals surface area contributed by atoms with Crippen molar-refractivity contribution in [1.82, 2.24) is 0 Å². The molecule has 0 aliphatic heterocycles. The molecular weight excluding hydrogens is 332 g/mol. The summed E-state index contributed by atoms with van der Waals surface area (Å²) < 4.78 is 0.